The highest BCUT2D eigenvalue weighted by atomic mass is 32.2. The van der Waals surface area contributed by atoms with E-state index < -0.39 is 12.1 Å². The zero-order valence-corrected chi connectivity index (χ0v) is 13.6. The summed E-state index contributed by atoms with van der Waals surface area (Å²) >= 11 is 1.30. The molecule has 0 aliphatic carbocycles. The Balaban J connectivity index is 1.79. The van der Waals surface area contributed by atoms with Gasteiger partial charge in [0.2, 0.25) is 0 Å². The number of rotatable bonds is 6. The van der Waals surface area contributed by atoms with E-state index in [0.29, 0.717) is 17.0 Å². The van der Waals surface area contributed by atoms with Crippen molar-refractivity contribution in [3.05, 3.63) is 59.9 Å². The number of hydrogen-bond acceptors (Lipinski definition) is 3. The van der Waals surface area contributed by atoms with Crippen molar-refractivity contribution in [3.8, 4) is 0 Å². The number of aliphatic hydroxyl groups is 1. The minimum Gasteiger partial charge on any atom is -0.391 e. The SMILES string of the molecule is CSc1ccc(NC(=O)NCC(O)Cc2ccccc2)cc1F. The Morgan fingerprint density at radius 3 is 2.65 bits per heavy atom. The highest BCUT2D eigenvalue weighted by Gasteiger charge is 2.09. The van der Waals surface area contributed by atoms with Crippen molar-refractivity contribution in [3.63, 3.8) is 0 Å². The summed E-state index contributed by atoms with van der Waals surface area (Å²) in [5.41, 5.74) is 1.37. The Morgan fingerprint density at radius 1 is 1.26 bits per heavy atom. The molecular weight excluding hydrogens is 315 g/mol. The fourth-order valence-corrected chi connectivity index (χ4v) is 2.55. The summed E-state index contributed by atoms with van der Waals surface area (Å²) in [6.45, 7) is 0.117. The maximum absolute atomic E-state index is 13.6. The molecule has 1 unspecified atom stereocenters. The maximum Gasteiger partial charge on any atom is 0.319 e. The predicted octanol–water partition coefficient (Wildman–Crippen LogP) is 3.27. The minimum absolute atomic E-state index is 0.117. The molecule has 3 N–H and O–H groups in total. The van der Waals surface area contributed by atoms with Crippen LogP contribution in [0.25, 0.3) is 0 Å². The van der Waals surface area contributed by atoms with Gasteiger partial charge in [0, 0.05) is 23.5 Å². The molecule has 0 aromatic heterocycles. The lowest BCUT2D eigenvalue weighted by molar-refractivity contribution is 0.172. The van der Waals surface area contributed by atoms with Crippen molar-refractivity contribution in [2.24, 2.45) is 0 Å². The number of carbonyl (C=O) groups excluding carboxylic acids is 1. The Bertz CT molecular complexity index is 652. The van der Waals surface area contributed by atoms with Crippen molar-refractivity contribution in [1.82, 2.24) is 5.32 Å². The number of halogens is 1. The highest BCUT2D eigenvalue weighted by Crippen LogP contribution is 2.22. The molecule has 0 aliphatic rings. The molecular formula is C17H19FN2O2S. The van der Waals surface area contributed by atoms with Gasteiger partial charge in [-0.3, -0.25) is 0 Å². The third kappa shape index (κ3) is 5.58. The van der Waals surface area contributed by atoms with Crippen LogP contribution in [0.5, 0.6) is 0 Å². The molecule has 0 fully saturated rings. The van der Waals surface area contributed by atoms with Gasteiger partial charge in [-0.05, 0) is 30.0 Å². The third-order valence-corrected chi connectivity index (χ3v) is 3.99. The normalized spacial score (nSPS) is 11.8. The number of anilines is 1. The fraction of sp³-hybridized carbons (Fsp3) is 0.235. The lowest BCUT2D eigenvalue weighted by Gasteiger charge is -2.13. The van der Waals surface area contributed by atoms with Crippen LogP contribution in [0.2, 0.25) is 0 Å². The smallest absolute Gasteiger partial charge is 0.319 e. The van der Waals surface area contributed by atoms with Gasteiger partial charge < -0.3 is 15.7 Å². The van der Waals surface area contributed by atoms with Crippen LogP contribution < -0.4 is 10.6 Å². The second kappa shape index (κ2) is 8.55. The molecule has 0 saturated heterocycles. The Hall–Kier alpha value is -2.05. The van der Waals surface area contributed by atoms with Crippen LogP contribution in [-0.4, -0.2) is 30.0 Å². The van der Waals surface area contributed by atoms with Gasteiger partial charge in [-0.15, -0.1) is 11.8 Å². The maximum atomic E-state index is 13.6. The molecule has 2 aromatic rings. The Morgan fingerprint density at radius 2 is 2.00 bits per heavy atom. The van der Waals surface area contributed by atoms with Gasteiger partial charge in [-0.1, -0.05) is 30.3 Å². The van der Waals surface area contributed by atoms with E-state index in [9.17, 15) is 14.3 Å². The molecule has 2 amide bonds. The van der Waals surface area contributed by atoms with E-state index in [1.54, 1.807) is 18.4 Å². The topological polar surface area (TPSA) is 61.4 Å². The standard InChI is InChI=1S/C17H19FN2O2S/c1-23-16-8-7-13(10-15(16)18)20-17(22)19-11-14(21)9-12-5-3-2-4-6-12/h2-8,10,14,21H,9,11H2,1H3,(H2,19,20,22). The van der Waals surface area contributed by atoms with Crippen molar-refractivity contribution in [2.75, 3.05) is 18.1 Å². The minimum atomic E-state index is -0.682. The average molecular weight is 334 g/mol. The van der Waals surface area contributed by atoms with Gasteiger partial charge in [0.15, 0.2) is 0 Å². The van der Waals surface area contributed by atoms with Crippen molar-refractivity contribution in [2.45, 2.75) is 17.4 Å². The van der Waals surface area contributed by atoms with Crippen LogP contribution >= 0.6 is 11.8 Å². The molecule has 23 heavy (non-hydrogen) atoms. The molecule has 2 rings (SSSR count). The first-order chi connectivity index (χ1) is 11.1. The van der Waals surface area contributed by atoms with Crippen LogP contribution in [0.1, 0.15) is 5.56 Å². The Kier molecular flexibility index (Phi) is 6.43. The largest absolute Gasteiger partial charge is 0.391 e. The zero-order chi connectivity index (χ0) is 16.7. The summed E-state index contributed by atoms with van der Waals surface area (Å²) in [6.07, 6.45) is 1.56. The molecule has 0 radical (unpaired) electrons. The van der Waals surface area contributed by atoms with Gasteiger partial charge in [0.25, 0.3) is 0 Å². The second-order valence-electron chi connectivity index (χ2n) is 5.03. The first-order valence-corrected chi connectivity index (χ1v) is 8.41. The molecule has 6 heteroatoms. The molecule has 0 saturated carbocycles. The van der Waals surface area contributed by atoms with Gasteiger partial charge in [0.1, 0.15) is 5.82 Å². The van der Waals surface area contributed by atoms with Crippen molar-refractivity contribution in [1.29, 1.82) is 0 Å². The van der Waals surface area contributed by atoms with Crippen LogP contribution in [0.3, 0.4) is 0 Å². The van der Waals surface area contributed by atoms with E-state index in [1.807, 2.05) is 30.3 Å². The van der Waals surface area contributed by atoms with Gasteiger partial charge in [-0.2, -0.15) is 0 Å². The van der Waals surface area contributed by atoms with E-state index in [4.69, 9.17) is 0 Å². The van der Waals surface area contributed by atoms with Gasteiger partial charge >= 0.3 is 6.03 Å². The molecule has 4 nitrogen and oxygen atoms in total. The second-order valence-corrected chi connectivity index (χ2v) is 5.88. The summed E-state index contributed by atoms with van der Waals surface area (Å²) < 4.78 is 13.6. The van der Waals surface area contributed by atoms with Crippen molar-refractivity contribution < 1.29 is 14.3 Å². The van der Waals surface area contributed by atoms with Crippen LogP contribution in [0, 0.1) is 5.82 Å². The fourth-order valence-electron chi connectivity index (χ4n) is 2.09. The summed E-state index contributed by atoms with van der Waals surface area (Å²) in [5.74, 6) is -0.376. The zero-order valence-electron chi connectivity index (χ0n) is 12.8. The van der Waals surface area contributed by atoms with Crippen LogP contribution in [-0.2, 0) is 6.42 Å². The first-order valence-electron chi connectivity index (χ1n) is 7.19. The lowest BCUT2D eigenvalue weighted by atomic mass is 10.1. The van der Waals surface area contributed by atoms with Gasteiger partial charge in [0.05, 0.1) is 6.10 Å². The molecule has 0 bridgehead atoms. The third-order valence-electron chi connectivity index (χ3n) is 3.22. The number of amides is 2. The number of aliphatic hydroxyl groups excluding tert-OH is 1. The number of thioether (sulfide) groups is 1. The van der Waals surface area contributed by atoms with Crippen LogP contribution in [0.4, 0.5) is 14.9 Å². The predicted molar refractivity (Wildman–Crippen MR) is 91.4 cm³/mol. The molecule has 0 spiro atoms. The molecule has 2 aromatic carbocycles. The number of urea groups is 1. The van der Waals surface area contributed by atoms with Crippen molar-refractivity contribution >= 4 is 23.5 Å². The summed E-state index contributed by atoms with van der Waals surface area (Å²) in [7, 11) is 0. The molecule has 0 heterocycles. The number of carbonyl (C=O) groups is 1. The molecule has 0 aliphatic heterocycles. The summed E-state index contributed by atoms with van der Waals surface area (Å²) in [4.78, 5) is 12.3. The quantitative estimate of drug-likeness (QED) is 0.711. The highest BCUT2D eigenvalue weighted by molar-refractivity contribution is 7.98. The lowest BCUT2D eigenvalue weighted by Crippen LogP contribution is -2.36. The molecule has 1 atom stereocenters. The summed E-state index contributed by atoms with van der Waals surface area (Å²) in [6, 6.07) is 13.6. The van der Waals surface area contributed by atoms with E-state index in [-0.39, 0.29) is 12.4 Å². The number of nitrogens with one attached hydrogen (secondary N) is 2. The Labute approximate surface area is 139 Å². The molecule has 122 valence electrons. The van der Waals surface area contributed by atoms with E-state index in [0.717, 1.165) is 5.56 Å². The first kappa shape index (κ1) is 17.3. The monoisotopic (exact) mass is 334 g/mol. The van der Waals surface area contributed by atoms with E-state index >= 15 is 0 Å². The number of hydrogen-bond donors (Lipinski definition) is 3. The number of benzene rings is 2. The summed E-state index contributed by atoms with van der Waals surface area (Å²) in [5, 5.41) is 15.0. The van der Waals surface area contributed by atoms with E-state index in [1.165, 1.54) is 17.8 Å². The van der Waals surface area contributed by atoms with Gasteiger partial charge in [-0.25, -0.2) is 9.18 Å². The average Bonchev–Trinajstić information content (AvgIpc) is 2.54. The van der Waals surface area contributed by atoms with E-state index in [2.05, 4.69) is 10.6 Å². The van der Waals surface area contributed by atoms with Crippen LogP contribution in [0.15, 0.2) is 53.4 Å².